The molecule has 88 valence electrons. The van der Waals surface area contributed by atoms with E-state index in [0.717, 1.165) is 12.2 Å². The summed E-state index contributed by atoms with van der Waals surface area (Å²) in [6.07, 6.45) is 0. The van der Waals surface area contributed by atoms with Crippen LogP contribution in [0.25, 0.3) is 0 Å². The van der Waals surface area contributed by atoms with E-state index in [0.29, 0.717) is 0 Å². The summed E-state index contributed by atoms with van der Waals surface area (Å²) in [5.74, 6) is 0. The largest absolute Gasteiger partial charge is 0.399 e. The van der Waals surface area contributed by atoms with Gasteiger partial charge in [-0.3, -0.25) is 0 Å². The lowest BCUT2D eigenvalue weighted by Crippen LogP contribution is -2.16. The van der Waals surface area contributed by atoms with Gasteiger partial charge in [0.1, 0.15) is 0 Å². The molecule has 0 aromatic heterocycles. The first-order valence-corrected chi connectivity index (χ1v) is 5.91. The molecular formula is C15H18N2. The maximum atomic E-state index is 5.72. The van der Waals surface area contributed by atoms with E-state index < -0.39 is 0 Å². The Morgan fingerprint density at radius 3 is 2.24 bits per heavy atom. The van der Waals surface area contributed by atoms with Crippen LogP contribution in [0.4, 0.5) is 17.1 Å². The smallest absolute Gasteiger partial charge is 0.0440 e. The van der Waals surface area contributed by atoms with E-state index in [4.69, 9.17) is 5.73 Å². The highest BCUT2D eigenvalue weighted by molar-refractivity contribution is 5.67. The predicted molar refractivity (Wildman–Crippen MR) is 74.7 cm³/mol. The Labute approximate surface area is 103 Å². The van der Waals surface area contributed by atoms with Gasteiger partial charge in [-0.15, -0.1) is 0 Å². The monoisotopic (exact) mass is 226 g/mol. The Morgan fingerprint density at radius 1 is 1.00 bits per heavy atom. The molecule has 0 bridgehead atoms. The predicted octanol–water partition coefficient (Wildman–Crippen LogP) is 3.74. The molecule has 0 saturated carbocycles. The summed E-state index contributed by atoms with van der Waals surface area (Å²) in [7, 11) is 0. The Kier molecular flexibility index (Phi) is 3.33. The third-order valence-corrected chi connectivity index (χ3v) is 2.93. The molecule has 0 amide bonds. The van der Waals surface area contributed by atoms with Gasteiger partial charge in [0.15, 0.2) is 0 Å². The van der Waals surface area contributed by atoms with Crippen LogP contribution in [-0.2, 0) is 0 Å². The van der Waals surface area contributed by atoms with Crippen molar-refractivity contribution in [2.45, 2.75) is 13.8 Å². The third kappa shape index (κ3) is 2.41. The summed E-state index contributed by atoms with van der Waals surface area (Å²) in [4.78, 5) is 2.29. The van der Waals surface area contributed by atoms with Gasteiger partial charge < -0.3 is 10.6 Å². The molecule has 2 aromatic carbocycles. The summed E-state index contributed by atoms with van der Waals surface area (Å²) in [5.41, 5.74) is 10.2. The molecule has 0 saturated heterocycles. The number of hydrogen-bond acceptors (Lipinski definition) is 2. The van der Waals surface area contributed by atoms with Crippen molar-refractivity contribution in [2.75, 3.05) is 17.2 Å². The lowest BCUT2D eigenvalue weighted by Gasteiger charge is -2.25. The lowest BCUT2D eigenvalue weighted by molar-refractivity contribution is 1.02. The average Bonchev–Trinajstić information content (AvgIpc) is 2.35. The molecule has 2 nitrogen and oxygen atoms in total. The van der Waals surface area contributed by atoms with Crippen molar-refractivity contribution < 1.29 is 0 Å². The molecule has 0 radical (unpaired) electrons. The number of hydrogen-bond donors (Lipinski definition) is 1. The molecule has 0 spiro atoms. The minimum absolute atomic E-state index is 0.801. The van der Waals surface area contributed by atoms with E-state index in [2.05, 4.69) is 55.1 Å². The van der Waals surface area contributed by atoms with Crippen molar-refractivity contribution in [3.63, 3.8) is 0 Å². The van der Waals surface area contributed by atoms with Crippen molar-refractivity contribution in [3.05, 3.63) is 54.1 Å². The maximum absolute atomic E-state index is 5.72. The standard InChI is InChI=1S/C15H18N2/c1-3-17(14-10-8-13(16)9-11-14)15-7-5-4-6-12(15)2/h4-11H,3,16H2,1-2H3. The van der Waals surface area contributed by atoms with Gasteiger partial charge in [-0.1, -0.05) is 18.2 Å². The fourth-order valence-electron chi connectivity index (χ4n) is 2.01. The number of nitrogens with two attached hydrogens (primary N) is 1. The van der Waals surface area contributed by atoms with Crippen LogP contribution in [0.15, 0.2) is 48.5 Å². The quantitative estimate of drug-likeness (QED) is 0.808. The fourth-order valence-corrected chi connectivity index (χ4v) is 2.01. The molecular weight excluding hydrogens is 208 g/mol. The Balaban J connectivity index is 2.40. The molecule has 0 aliphatic rings. The van der Waals surface area contributed by atoms with Gasteiger partial charge >= 0.3 is 0 Å². The van der Waals surface area contributed by atoms with Gasteiger partial charge in [0, 0.05) is 23.6 Å². The van der Waals surface area contributed by atoms with E-state index in [9.17, 15) is 0 Å². The summed E-state index contributed by atoms with van der Waals surface area (Å²) in [5, 5.41) is 0. The first-order valence-electron chi connectivity index (χ1n) is 5.91. The van der Waals surface area contributed by atoms with E-state index in [1.807, 2.05) is 12.1 Å². The maximum Gasteiger partial charge on any atom is 0.0440 e. The van der Waals surface area contributed by atoms with Crippen molar-refractivity contribution in [2.24, 2.45) is 0 Å². The van der Waals surface area contributed by atoms with Crippen LogP contribution in [0.1, 0.15) is 12.5 Å². The van der Waals surface area contributed by atoms with Crippen LogP contribution < -0.4 is 10.6 Å². The summed E-state index contributed by atoms with van der Waals surface area (Å²) < 4.78 is 0. The zero-order valence-corrected chi connectivity index (χ0v) is 10.4. The van der Waals surface area contributed by atoms with Gasteiger partial charge in [0.05, 0.1) is 0 Å². The molecule has 2 heteroatoms. The Bertz CT molecular complexity index is 489. The average molecular weight is 226 g/mol. The van der Waals surface area contributed by atoms with Crippen molar-refractivity contribution in [1.29, 1.82) is 0 Å². The van der Waals surface area contributed by atoms with Crippen LogP contribution in [-0.4, -0.2) is 6.54 Å². The highest BCUT2D eigenvalue weighted by Crippen LogP contribution is 2.28. The third-order valence-electron chi connectivity index (χ3n) is 2.93. The number of aryl methyl sites for hydroxylation is 1. The number of nitrogens with zero attached hydrogens (tertiary/aromatic N) is 1. The first kappa shape index (κ1) is 11.5. The van der Waals surface area contributed by atoms with Crippen LogP contribution in [0.3, 0.4) is 0 Å². The second-order valence-electron chi connectivity index (χ2n) is 4.12. The molecule has 0 fully saturated rings. The van der Waals surface area contributed by atoms with Crippen LogP contribution in [0.5, 0.6) is 0 Å². The minimum atomic E-state index is 0.801. The SMILES string of the molecule is CCN(c1ccc(N)cc1)c1ccccc1C. The molecule has 2 rings (SSSR count). The van der Waals surface area contributed by atoms with E-state index in [1.165, 1.54) is 16.9 Å². The van der Waals surface area contributed by atoms with Gasteiger partial charge in [0.2, 0.25) is 0 Å². The summed E-state index contributed by atoms with van der Waals surface area (Å²) in [6.45, 7) is 5.23. The molecule has 0 aliphatic heterocycles. The molecule has 2 N–H and O–H groups in total. The summed E-state index contributed by atoms with van der Waals surface area (Å²) >= 11 is 0. The van der Waals surface area contributed by atoms with Gasteiger partial charge in [-0.25, -0.2) is 0 Å². The molecule has 0 unspecified atom stereocenters. The van der Waals surface area contributed by atoms with Gasteiger partial charge in [-0.2, -0.15) is 0 Å². The number of benzene rings is 2. The zero-order chi connectivity index (χ0) is 12.3. The van der Waals surface area contributed by atoms with Gasteiger partial charge in [0.25, 0.3) is 0 Å². The Morgan fingerprint density at radius 2 is 1.65 bits per heavy atom. The van der Waals surface area contributed by atoms with Crippen molar-refractivity contribution >= 4 is 17.1 Å². The molecule has 2 aromatic rings. The highest BCUT2D eigenvalue weighted by atomic mass is 15.1. The van der Waals surface area contributed by atoms with Crippen molar-refractivity contribution in [1.82, 2.24) is 0 Å². The minimum Gasteiger partial charge on any atom is -0.399 e. The van der Waals surface area contributed by atoms with E-state index in [1.54, 1.807) is 0 Å². The van der Waals surface area contributed by atoms with Crippen LogP contribution >= 0.6 is 0 Å². The van der Waals surface area contributed by atoms with Crippen molar-refractivity contribution in [3.8, 4) is 0 Å². The number of nitrogen functional groups attached to an aromatic ring is 1. The second-order valence-corrected chi connectivity index (χ2v) is 4.12. The number of para-hydroxylation sites is 1. The van der Waals surface area contributed by atoms with Crippen LogP contribution in [0, 0.1) is 6.92 Å². The molecule has 0 atom stereocenters. The zero-order valence-electron chi connectivity index (χ0n) is 10.4. The molecule has 0 aliphatic carbocycles. The van der Waals surface area contributed by atoms with Gasteiger partial charge in [-0.05, 0) is 49.7 Å². The second kappa shape index (κ2) is 4.91. The Hall–Kier alpha value is -1.96. The highest BCUT2D eigenvalue weighted by Gasteiger charge is 2.08. The normalized spacial score (nSPS) is 10.2. The lowest BCUT2D eigenvalue weighted by atomic mass is 10.1. The summed E-state index contributed by atoms with van der Waals surface area (Å²) in [6, 6.07) is 16.4. The van der Waals surface area contributed by atoms with Crippen LogP contribution in [0.2, 0.25) is 0 Å². The molecule has 0 heterocycles. The first-order chi connectivity index (χ1) is 8.22. The van der Waals surface area contributed by atoms with E-state index in [-0.39, 0.29) is 0 Å². The topological polar surface area (TPSA) is 29.3 Å². The number of anilines is 3. The number of rotatable bonds is 3. The molecule has 17 heavy (non-hydrogen) atoms. The fraction of sp³-hybridized carbons (Fsp3) is 0.200. The van der Waals surface area contributed by atoms with E-state index >= 15 is 0 Å².